The molecule has 0 saturated carbocycles. The maximum absolute atomic E-state index is 13.2. The van der Waals surface area contributed by atoms with E-state index in [0.717, 1.165) is 11.1 Å². The summed E-state index contributed by atoms with van der Waals surface area (Å²) in [6, 6.07) is 11.5. The first-order valence-electron chi connectivity index (χ1n) is 5.81. The van der Waals surface area contributed by atoms with Crippen molar-refractivity contribution in [1.29, 1.82) is 0 Å². The van der Waals surface area contributed by atoms with Crippen molar-refractivity contribution in [3.05, 3.63) is 53.8 Å². The Hall–Kier alpha value is -2.36. The molecule has 19 heavy (non-hydrogen) atoms. The maximum Gasteiger partial charge on any atom is 0.337 e. The van der Waals surface area contributed by atoms with E-state index in [4.69, 9.17) is 0 Å². The molecule has 0 aliphatic heterocycles. The average molecular weight is 259 g/mol. The van der Waals surface area contributed by atoms with Gasteiger partial charge in [0.2, 0.25) is 0 Å². The van der Waals surface area contributed by atoms with Crippen LogP contribution in [0.25, 0.3) is 11.1 Å². The third kappa shape index (κ3) is 2.73. The molecular formula is C15H14FNO2. The molecule has 0 saturated heterocycles. The van der Waals surface area contributed by atoms with Crippen LogP contribution in [0.1, 0.15) is 10.4 Å². The largest absolute Gasteiger partial charge is 0.465 e. The highest BCUT2D eigenvalue weighted by Gasteiger charge is 2.08. The van der Waals surface area contributed by atoms with Gasteiger partial charge in [-0.15, -0.1) is 0 Å². The van der Waals surface area contributed by atoms with Crippen molar-refractivity contribution < 1.29 is 13.9 Å². The molecule has 0 fully saturated rings. The number of carbonyl (C=O) groups excluding carboxylic acids is 1. The third-order valence-electron chi connectivity index (χ3n) is 2.87. The van der Waals surface area contributed by atoms with Crippen LogP contribution in [0.5, 0.6) is 0 Å². The highest BCUT2D eigenvalue weighted by atomic mass is 19.1. The van der Waals surface area contributed by atoms with Crippen molar-refractivity contribution in [2.24, 2.45) is 0 Å². The molecule has 98 valence electrons. The molecule has 0 spiro atoms. The highest BCUT2D eigenvalue weighted by molar-refractivity contribution is 5.90. The van der Waals surface area contributed by atoms with E-state index in [0.29, 0.717) is 11.3 Å². The number of halogens is 1. The van der Waals surface area contributed by atoms with Crippen LogP contribution < -0.4 is 5.32 Å². The number of carbonyl (C=O) groups is 1. The van der Waals surface area contributed by atoms with E-state index in [-0.39, 0.29) is 11.8 Å². The summed E-state index contributed by atoms with van der Waals surface area (Å²) < 4.78 is 17.8. The zero-order valence-electron chi connectivity index (χ0n) is 10.7. The van der Waals surface area contributed by atoms with Gasteiger partial charge in [0.1, 0.15) is 5.82 Å². The van der Waals surface area contributed by atoms with Crippen LogP contribution in [-0.4, -0.2) is 20.1 Å². The third-order valence-corrected chi connectivity index (χ3v) is 2.87. The Kier molecular flexibility index (Phi) is 3.80. The quantitative estimate of drug-likeness (QED) is 0.859. The molecule has 0 aromatic heterocycles. The lowest BCUT2D eigenvalue weighted by atomic mass is 10.0. The molecule has 2 rings (SSSR count). The van der Waals surface area contributed by atoms with Crippen LogP contribution in [0.2, 0.25) is 0 Å². The Morgan fingerprint density at radius 3 is 2.42 bits per heavy atom. The predicted molar refractivity (Wildman–Crippen MR) is 72.7 cm³/mol. The molecule has 4 heteroatoms. The summed E-state index contributed by atoms with van der Waals surface area (Å²) in [5, 5.41) is 2.95. The van der Waals surface area contributed by atoms with Crippen molar-refractivity contribution in [1.82, 2.24) is 0 Å². The van der Waals surface area contributed by atoms with E-state index in [9.17, 15) is 9.18 Å². The number of rotatable bonds is 3. The second-order valence-corrected chi connectivity index (χ2v) is 4.01. The van der Waals surface area contributed by atoms with E-state index in [1.807, 2.05) is 0 Å². The van der Waals surface area contributed by atoms with Gasteiger partial charge in [-0.25, -0.2) is 9.18 Å². The number of hydrogen-bond donors (Lipinski definition) is 1. The number of benzene rings is 2. The lowest BCUT2D eigenvalue weighted by molar-refractivity contribution is 0.0601. The number of ether oxygens (including phenoxy) is 1. The minimum atomic E-state index is -0.375. The Labute approximate surface area is 111 Å². The first-order valence-corrected chi connectivity index (χ1v) is 5.81. The van der Waals surface area contributed by atoms with E-state index in [2.05, 4.69) is 10.1 Å². The van der Waals surface area contributed by atoms with Gasteiger partial charge in [0, 0.05) is 18.3 Å². The van der Waals surface area contributed by atoms with Gasteiger partial charge in [-0.05, 0) is 35.9 Å². The van der Waals surface area contributed by atoms with Gasteiger partial charge in [0.15, 0.2) is 0 Å². The van der Waals surface area contributed by atoms with E-state index in [1.165, 1.54) is 19.2 Å². The molecule has 2 aromatic rings. The fourth-order valence-corrected chi connectivity index (χ4v) is 1.88. The normalized spacial score (nSPS) is 10.1. The molecule has 0 heterocycles. The van der Waals surface area contributed by atoms with Crippen LogP contribution in [0, 0.1) is 5.82 Å². The van der Waals surface area contributed by atoms with E-state index in [1.54, 1.807) is 37.4 Å². The average Bonchev–Trinajstić information content (AvgIpc) is 2.46. The predicted octanol–water partition coefficient (Wildman–Crippen LogP) is 3.32. The zero-order chi connectivity index (χ0) is 13.8. The van der Waals surface area contributed by atoms with Gasteiger partial charge >= 0.3 is 5.97 Å². The molecule has 3 nitrogen and oxygen atoms in total. The first-order chi connectivity index (χ1) is 9.15. The van der Waals surface area contributed by atoms with Gasteiger partial charge < -0.3 is 10.1 Å². The Morgan fingerprint density at radius 1 is 1.16 bits per heavy atom. The van der Waals surface area contributed by atoms with Crippen LogP contribution >= 0.6 is 0 Å². The van der Waals surface area contributed by atoms with Gasteiger partial charge in [0.25, 0.3) is 0 Å². The Morgan fingerprint density at radius 2 is 1.84 bits per heavy atom. The fraction of sp³-hybridized carbons (Fsp3) is 0.133. The summed E-state index contributed by atoms with van der Waals surface area (Å²) in [5.74, 6) is -0.668. The van der Waals surface area contributed by atoms with Crippen LogP contribution in [0.4, 0.5) is 10.1 Å². The SMILES string of the molecule is CNc1cc(F)ccc1-c1ccc(C(=O)OC)cc1. The van der Waals surface area contributed by atoms with Crippen molar-refractivity contribution in [2.45, 2.75) is 0 Å². The summed E-state index contributed by atoms with van der Waals surface area (Å²) in [4.78, 5) is 11.3. The smallest absolute Gasteiger partial charge is 0.337 e. The van der Waals surface area contributed by atoms with Crippen molar-refractivity contribution in [2.75, 3.05) is 19.5 Å². The summed E-state index contributed by atoms with van der Waals surface area (Å²) >= 11 is 0. The molecule has 0 radical (unpaired) electrons. The van der Waals surface area contributed by atoms with Gasteiger partial charge in [-0.1, -0.05) is 12.1 Å². The summed E-state index contributed by atoms with van der Waals surface area (Å²) in [6.45, 7) is 0. The number of methoxy groups -OCH3 is 1. The van der Waals surface area contributed by atoms with Crippen LogP contribution in [0.3, 0.4) is 0 Å². The minimum Gasteiger partial charge on any atom is -0.465 e. The second-order valence-electron chi connectivity index (χ2n) is 4.01. The molecule has 0 aliphatic rings. The molecule has 0 bridgehead atoms. The summed E-state index contributed by atoms with van der Waals surface area (Å²) in [7, 11) is 3.08. The number of esters is 1. The number of anilines is 1. The lowest BCUT2D eigenvalue weighted by Gasteiger charge is -2.10. The second kappa shape index (κ2) is 5.52. The van der Waals surface area contributed by atoms with Gasteiger partial charge in [-0.2, -0.15) is 0 Å². The number of nitrogens with one attached hydrogen (secondary N) is 1. The van der Waals surface area contributed by atoms with Crippen molar-refractivity contribution in [3.8, 4) is 11.1 Å². The molecule has 0 atom stereocenters. The zero-order valence-corrected chi connectivity index (χ0v) is 10.7. The fourth-order valence-electron chi connectivity index (χ4n) is 1.88. The lowest BCUT2D eigenvalue weighted by Crippen LogP contribution is -2.00. The van der Waals surface area contributed by atoms with E-state index >= 15 is 0 Å². The molecule has 0 aliphatic carbocycles. The standard InChI is InChI=1S/C15H14FNO2/c1-17-14-9-12(16)7-8-13(14)10-3-5-11(6-4-10)15(18)19-2/h3-9,17H,1-2H3. The molecule has 1 N–H and O–H groups in total. The topological polar surface area (TPSA) is 38.3 Å². The summed E-state index contributed by atoms with van der Waals surface area (Å²) in [5.41, 5.74) is 2.96. The van der Waals surface area contributed by atoms with Gasteiger partial charge in [0.05, 0.1) is 12.7 Å². The Balaban J connectivity index is 2.40. The van der Waals surface area contributed by atoms with E-state index < -0.39 is 0 Å². The highest BCUT2D eigenvalue weighted by Crippen LogP contribution is 2.28. The van der Waals surface area contributed by atoms with Crippen molar-refractivity contribution >= 4 is 11.7 Å². The Bertz CT molecular complexity index is 594. The first kappa shape index (κ1) is 13.1. The summed E-state index contributed by atoms with van der Waals surface area (Å²) in [6.07, 6.45) is 0. The van der Waals surface area contributed by atoms with Crippen molar-refractivity contribution in [3.63, 3.8) is 0 Å². The maximum atomic E-state index is 13.2. The van der Waals surface area contributed by atoms with Crippen LogP contribution in [0.15, 0.2) is 42.5 Å². The van der Waals surface area contributed by atoms with Crippen LogP contribution in [-0.2, 0) is 4.74 Å². The number of hydrogen-bond acceptors (Lipinski definition) is 3. The monoisotopic (exact) mass is 259 g/mol. The molecule has 0 unspecified atom stereocenters. The molecule has 2 aromatic carbocycles. The van der Waals surface area contributed by atoms with Gasteiger partial charge in [-0.3, -0.25) is 0 Å². The molecular weight excluding hydrogens is 245 g/mol. The minimum absolute atomic E-state index is 0.292. The molecule has 0 amide bonds.